The fraction of sp³-hybridized carbons (Fsp3) is 0.400. The first kappa shape index (κ1) is 14.5. The number of imidazole rings is 1. The van der Waals surface area contributed by atoms with Crippen molar-refractivity contribution < 1.29 is 0 Å². The van der Waals surface area contributed by atoms with Crippen LogP contribution < -0.4 is 0 Å². The van der Waals surface area contributed by atoms with Gasteiger partial charge >= 0.3 is 0 Å². The number of hydrogen-bond donors (Lipinski definition) is 0. The SMILES string of the molecule is Cc1csc(C(C)n2c(C(C)Cl)nc3c(C)ccnc32)n1. The number of aromatic nitrogens is 4. The van der Waals surface area contributed by atoms with Crippen molar-refractivity contribution in [1.29, 1.82) is 0 Å². The lowest BCUT2D eigenvalue weighted by atomic mass is 10.2. The number of alkyl halides is 1. The van der Waals surface area contributed by atoms with Crippen LogP contribution in [0.1, 0.15) is 47.4 Å². The van der Waals surface area contributed by atoms with Crippen molar-refractivity contribution in [2.75, 3.05) is 0 Å². The van der Waals surface area contributed by atoms with Crippen LogP contribution in [-0.2, 0) is 0 Å². The molecule has 0 bridgehead atoms. The maximum absolute atomic E-state index is 6.34. The van der Waals surface area contributed by atoms with Gasteiger partial charge < -0.3 is 4.57 Å². The third-order valence-electron chi connectivity index (χ3n) is 3.55. The van der Waals surface area contributed by atoms with Crippen LogP contribution in [0, 0.1) is 13.8 Å². The van der Waals surface area contributed by atoms with Gasteiger partial charge in [-0.05, 0) is 39.3 Å². The van der Waals surface area contributed by atoms with Gasteiger partial charge in [-0.15, -0.1) is 22.9 Å². The molecule has 0 aliphatic rings. The van der Waals surface area contributed by atoms with Crippen molar-refractivity contribution in [2.45, 2.75) is 39.1 Å². The van der Waals surface area contributed by atoms with E-state index >= 15 is 0 Å². The largest absolute Gasteiger partial charge is 0.302 e. The zero-order valence-corrected chi connectivity index (χ0v) is 14.0. The fourth-order valence-corrected chi connectivity index (χ4v) is 3.46. The molecule has 0 fully saturated rings. The molecular formula is C15H17ClN4S. The van der Waals surface area contributed by atoms with Crippen molar-refractivity contribution in [2.24, 2.45) is 0 Å². The van der Waals surface area contributed by atoms with E-state index in [-0.39, 0.29) is 11.4 Å². The quantitative estimate of drug-likeness (QED) is 0.671. The van der Waals surface area contributed by atoms with Crippen molar-refractivity contribution in [3.05, 3.63) is 39.7 Å². The minimum absolute atomic E-state index is 0.0687. The molecule has 0 saturated heterocycles. The lowest BCUT2D eigenvalue weighted by molar-refractivity contribution is 0.609. The Labute approximate surface area is 132 Å². The summed E-state index contributed by atoms with van der Waals surface area (Å²) in [5.74, 6) is 0.841. The number of hydrogen-bond acceptors (Lipinski definition) is 4. The summed E-state index contributed by atoms with van der Waals surface area (Å²) in [5, 5.41) is 2.93. The van der Waals surface area contributed by atoms with Crippen LogP contribution in [0.15, 0.2) is 17.6 Å². The number of rotatable bonds is 3. The summed E-state index contributed by atoms with van der Waals surface area (Å²) >= 11 is 8.00. The van der Waals surface area contributed by atoms with Crippen LogP contribution >= 0.6 is 22.9 Å². The van der Waals surface area contributed by atoms with Gasteiger partial charge in [0.05, 0.1) is 11.4 Å². The highest BCUT2D eigenvalue weighted by Gasteiger charge is 2.23. The molecule has 4 nitrogen and oxygen atoms in total. The van der Waals surface area contributed by atoms with Gasteiger partial charge in [-0.1, -0.05) is 0 Å². The smallest absolute Gasteiger partial charge is 0.160 e. The van der Waals surface area contributed by atoms with E-state index in [1.807, 2.05) is 33.0 Å². The summed E-state index contributed by atoms with van der Waals surface area (Å²) in [6.45, 7) is 8.11. The van der Waals surface area contributed by atoms with Crippen molar-refractivity contribution in [3.8, 4) is 0 Å². The molecule has 6 heteroatoms. The molecule has 3 aromatic heterocycles. The van der Waals surface area contributed by atoms with E-state index in [9.17, 15) is 0 Å². The topological polar surface area (TPSA) is 43.6 Å². The molecule has 0 N–H and O–H groups in total. The molecule has 21 heavy (non-hydrogen) atoms. The summed E-state index contributed by atoms with van der Waals surface area (Å²) in [6.07, 6.45) is 1.82. The maximum Gasteiger partial charge on any atom is 0.160 e. The third kappa shape index (κ3) is 2.45. The molecule has 3 rings (SSSR count). The van der Waals surface area contributed by atoms with E-state index in [2.05, 4.69) is 26.8 Å². The Morgan fingerprint density at radius 2 is 2.00 bits per heavy atom. The highest BCUT2D eigenvalue weighted by atomic mass is 35.5. The van der Waals surface area contributed by atoms with Crippen LogP contribution in [0.2, 0.25) is 0 Å². The van der Waals surface area contributed by atoms with Crippen LogP contribution in [0.4, 0.5) is 0 Å². The maximum atomic E-state index is 6.34. The van der Waals surface area contributed by atoms with Gasteiger partial charge in [-0.3, -0.25) is 0 Å². The van der Waals surface area contributed by atoms with E-state index in [1.54, 1.807) is 11.3 Å². The number of nitrogens with zero attached hydrogens (tertiary/aromatic N) is 4. The highest BCUT2D eigenvalue weighted by Crippen LogP contribution is 2.32. The Hall–Kier alpha value is -1.46. The Morgan fingerprint density at radius 3 is 2.62 bits per heavy atom. The summed E-state index contributed by atoms with van der Waals surface area (Å²) in [6, 6.07) is 2.04. The normalized spacial score (nSPS) is 14.5. The highest BCUT2D eigenvalue weighted by molar-refractivity contribution is 7.09. The predicted octanol–water partition coefficient (Wildman–Crippen LogP) is 4.41. The zero-order valence-electron chi connectivity index (χ0n) is 12.5. The summed E-state index contributed by atoms with van der Waals surface area (Å²) < 4.78 is 2.11. The molecule has 0 amide bonds. The Balaban J connectivity index is 2.24. The number of halogens is 1. The van der Waals surface area contributed by atoms with Crippen LogP contribution in [0.3, 0.4) is 0 Å². The molecule has 0 aliphatic heterocycles. The van der Waals surface area contributed by atoms with E-state index in [0.29, 0.717) is 0 Å². The first-order chi connectivity index (χ1) is 9.99. The van der Waals surface area contributed by atoms with Crippen molar-refractivity contribution in [3.63, 3.8) is 0 Å². The lowest BCUT2D eigenvalue weighted by Crippen LogP contribution is -2.11. The van der Waals surface area contributed by atoms with Gasteiger partial charge in [0, 0.05) is 17.3 Å². The molecule has 3 heterocycles. The van der Waals surface area contributed by atoms with Gasteiger partial charge in [-0.2, -0.15) is 0 Å². The standard InChI is InChI=1S/C15H17ClN4S/c1-8-5-6-17-14-12(8)19-13(10(3)16)20(14)11(4)15-18-9(2)7-21-15/h5-7,10-11H,1-4H3. The molecule has 0 spiro atoms. The second-order valence-corrected chi connectivity index (χ2v) is 6.80. The van der Waals surface area contributed by atoms with E-state index in [1.165, 1.54) is 0 Å². The molecule has 110 valence electrons. The van der Waals surface area contributed by atoms with Crippen LogP contribution in [0.25, 0.3) is 11.2 Å². The number of aryl methyl sites for hydroxylation is 2. The third-order valence-corrected chi connectivity index (χ3v) is 4.87. The average Bonchev–Trinajstić information content (AvgIpc) is 3.02. The van der Waals surface area contributed by atoms with E-state index in [0.717, 1.165) is 33.3 Å². The van der Waals surface area contributed by atoms with Gasteiger partial charge in [0.25, 0.3) is 0 Å². The predicted molar refractivity (Wildman–Crippen MR) is 87.2 cm³/mol. The average molecular weight is 321 g/mol. The van der Waals surface area contributed by atoms with Crippen molar-refractivity contribution >= 4 is 34.1 Å². The second kappa shape index (κ2) is 5.39. The van der Waals surface area contributed by atoms with Gasteiger partial charge in [-0.25, -0.2) is 15.0 Å². The summed E-state index contributed by atoms with van der Waals surface area (Å²) in [5.41, 5.74) is 3.94. The minimum Gasteiger partial charge on any atom is -0.302 e. The van der Waals surface area contributed by atoms with Gasteiger partial charge in [0.1, 0.15) is 16.3 Å². The van der Waals surface area contributed by atoms with E-state index in [4.69, 9.17) is 16.6 Å². The first-order valence-corrected chi connectivity index (χ1v) is 8.20. The monoisotopic (exact) mass is 320 g/mol. The Bertz CT molecular complexity index is 790. The second-order valence-electron chi connectivity index (χ2n) is 5.26. The van der Waals surface area contributed by atoms with Crippen LogP contribution in [0.5, 0.6) is 0 Å². The lowest BCUT2D eigenvalue weighted by Gasteiger charge is -2.15. The van der Waals surface area contributed by atoms with Gasteiger partial charge in [0.2, 0.25) is 0 Å². The van der Waals surface area contributed by atoms with E-state index < -0.39 is 0 Å². The summed E-state index contributed by atoms with van der Waals surface area (Å²) in [7, 11) is 0. The minimum atomic E-state index is -0.179. The molecule has 0 aromatic carbocycles. The first-order valence-electron chi connectivity index (χ1n) is 6.88. The molecule has 2 atom stereocenters. The Kier molecular flexibility index (Phi) is 3.71. The molecular weight excluding hydrogens is 304 g/mol. The molecule has 2 unspecified atom stereocenters. The molecule has 3 aromatic rings. The Morgan fingerprint density at radius 1 is 1.24 bits per heavy atom. The molecule has 0 radical (unpaired) electrons. The van der Waals surface area contributed by atoms with Crippen LogP contribution in [-0.4, -0.2) is 19.5 Å². The number of pyridine rings is 1. The van der Waals surface area contributed by atoms with Gasteiger partial charge in [0.15, 0.2) is 5.65 Å². The summed E-state index contributed by atoms with van der Waals surface area (Å²) in [4.78, 5) is 13.8. The number of fused-ring (bicyclic) bond motifs is 1. The van der Waals surface area contributed by atoms with Crippen molar-refractivity contribution in [1.82, 2.24) is 19.5 Å². The molecule has 0 aliphatic carbocycles. The fourth-order valence-electron chi connectivity index (χ4n) is 2.46. The molecule has 0 saturated carbocycles. The number of thiazole rings is 1. The zero-order chi connectivity index (χ0) is 15.1.